The standard InChI is InChI=1S/C15H20N4O3/c1-8(2)19-13-11(7-17-19)5-12(10(4)18-13)14(20)16-6-9(3)15(21)22/h5,7-9H,6H2,1-4H3,(H,16,20)(H,21,22). The summed E-state index contributed by atoms with van der Waals surface area (Å²) in [7, 11) is 0. The number of amides is 1. The molecule has 1 unspecified atom stereocenters. The summed E-state index contributed by atoms with van der Waals surface area (Å²) >= 11 is 0. The van der Waals surface area contributed by atoms with Crippen LogP contribution in [0.15, 0.2) is 12.3 Å². The van der Waals surface area contributed by atoms with Crippen LogP contribution >= 0.6 is 0 Å². The fraction of sp³-hybridized carbons (Fsp3) is 0.467. The molecule has 2 aromatic rings. The predicted molar refractivity (Wildman–Crippen MR) is 81.8 cm³/mol. The van der Waals surface area contributed by atoms with Gasteiger partial charge in [0.2, 0.25) is 0 Å². The number of fused-ring (bicyclic) bond motifs is 1. The number of pyridine rings is 1. The van der Waals surface area contributed by atoms with Crippen LogP contribution in [0.1, 0.15) is 42.9 Å². The van der Waals surface area contributed by atoms with Gasteiger partial charge in [0, 0.05) is 18.0 Å². The number of aliphatic carboxylic acids is 1. The van der Waals surface area contributed by atoms with Crippen LogP contribution in [0.25, 0.3) is 11.0 Å². The lowest BCUT2D eigenvalue weighted by Gasteiger charge is -2.11. The number of rotatable bonds is 5. The van der Waals surface area contributed by atoms with Crippen molar-refractivity contribution in [3.05, 3.63) is 23.5 Å². The summed E-state index contributed by atoms with van der Waals surface area (Å²) in [5, 5.41) is 16.5. The average Bonchev–Trinajstić information content (AvgIpc) is 2.86. The van der Waals surface area contributed by atoms with E-state index in [0.29, 0.717) is 11.3 Å². The quantitative estimate of drug-likeness (QED) is 0.877. The highest BCUT2D eigenvalue weighted by atomic mass is 16.4. The van der Waals surface area contributed by atoms with E-state index in [0.717, 1.165) is 11.0 Å². The second-order valence-corrected chi connectivity index (χ2v) is 5.67. The first-order valence-corrected chi connectivity index (χ1v) is 7.17. The molecule has 0 saturated carbocycles. The largest absolute Gasteiger partial charge is 0.481 e. The average molecular weight is 304 g/mol. The molecule has 0 aliphatic heterocycles. The van der Waals surface area contributed by atoms with Crippen LogP contribution in [0.5, 0.6) is 0 Å². The van der Waals surface area contributed by atoms with Gasteiger partial charge in [-0.05, 0) is 26.8 Å². The monoisotopic (exact) mass is 304 g/mol. The Labute approximate surface area is 128 Å². The first kappa shape index (κ1) is 15.9. The van der Waals surface area contributed by atoms with Crippen molar-refractivity contribution in [2.24, 2.45) is 5.92 Å². The molecule has 0 saturated heterocycles. The van der Waals surface area contributed by atoms with Gasteiger partial charge in [-0.25, -0.2) is 9.67 Å². The Hall–Kier alpha value is -2.44. The molecular formula is C15H20N4O3. The van der Waals surface area contributed by atoms with Crippen molar-refractivity contribution >= 4 is 22.9 Å². The highest BCUT2D eigenvalue weighted by Crippen LogP contribution is 2.19. The van der Waals surface area contributed by atoms with Gasteiger partial charge in [0.25, 0.3) is 5.91 Å². The molecule has 0 spiro atoms. The molecule has 0 fully saturated rings. The van der Waals surface area contributed by atoms with Crippen LogP contribution in [0.4, 0.5) is 0 Å². The summed E-state index contributed by atoms with van der Waals surface area (Å²) < 4.78 is 1.80. The maximum absolute atomic E-state index is 12.2. The van der Waals surface area contributed by atoms with Gasteiger partial charge < -0.3 is 10.4 Å². The third-order valence-electron chi connectivity index (χ3n) is 3.48. The number of nitrogens with one attached hydrogen (secondary N) is 1. The van der Waals surface area contributed by atoms with Crippen molar-refractivity contribution in [2.75, 3.05) is 6.54 Å². The molecule has 22 heavy (non-hydrogen) atoms. The minimum absolute atomic E-state index is 0.0803. The normalized spacial score (nSPS) is 12.6. The van der Waals surface area contributed by atoms with Gasteiger partial charge in [0.15, 0.2) is 5.65 Å². The van der Waals surface area contributed by atoms with E-state index in [2.05, 4.69) is 15.4 Å². The third-order valence-corrected chi connectivity index (χ3v) is 3.48. The number of carboxylic acids is 1. The molecule has 1 amide bonds. The summed E-state index contributed by atoms with van der Waals surface area (Å²) in [6.45, 7) is 7.40. The van der Waals surface area contributed by atoms with E-state index >= 15 is 0 Å². The molecule has 0 aromatic carbocycles. The van der Waals surface area contributed by atoms with Crippen LogP contribution in [-0.4, -0.2) is 38.3 Å². The Kier molecular flexibility index (Phi) is 4.44. The molecule has 0 aliphatic carbocycles. The topological polar surface area (TPSA) is 97.1 Å². The lowest BCUT2D eigenvalue weighted by atomic mass is 10.1. The van der Waals surface area contributed by atoms with Gasteiger partial charge in [0.05, 0.1) is 23.4 Å². The molecule has 7 nitrogen and oxygen atoms in total. The molecule has 1 atom stereocenters. The van der Waals surface area contributed by atoms with Crippen LogP contribution in [0.2, 0.25) is 0 Å². The van der Waals surface area contributed by atoms with Gasteiger partial charge in [-0.2, -0.15) is 5.10 Å². The number of carboxylic acid groups (broad SMARTS) is 1. The van der Waals surface area contributed by atoms with E-state index in [4.69, 9.17) is 5.11 Å². The zero-order valence-electron chi connectivity index (χ0n) is 13.1. The minimum atomic E-state index is -0.941. The second kappa shape index (κ2) is 6.13. The van der Waals surface area contributed by atoms with Gasteiger partial charge >= 0.3 is 5.97 Å². The maximum Gasteiger partial charge on any atom is 0.308 e. The highest BCUT2D eigenvalue weighted by Gasteiger charge is 2.17. The molecule has 2 N–H and O–H groups in total. The number of carbonyl (C=O) groups excluding carboxylic acids is 1. The van der Waals surface area contributed by atoms with E-state index in [1.807, 2.05) is 13.8 Å². The molecular weight excluding hydrogens is 284 g/mol. The van der Waals surface area contributed by atoms with E-state index in [9.17, 15) is 9.59 Å². The summed E-state index contributed by atoms with van der Waals surface area (Å²) in [6, 6.07) is 1.92. The summed E-state index contributed by atoms with van der Waals surface area (Å²) in [5.41, 5.74) is 1.77. The Morgan fingerprint density at radius 2 is 2.05 bits per heavy atom. The van der Waals surface area contributed by atoms with Crippen molar-refractivity contribution in [1.82, 2.24) is 20.1 Å². The highest BCUT2D eigenvalue weighted by molar-refractivity contribution is 5.98. The molecule has 2 heterocycles. The number of aromatic nitrogens is 3. The van der Waals surface area contributed by atoms with Gasteiger partial charge in [0.1, 0.15) is 0 Å². The second-order valence-electron chi connectivity index (χ2n) is 5.67. The van der Waals surface area contributed by atoms with Gasteiger partial charge in [-0.1, -0.05) is 6.92 Å². The molecule has 0 bridgehead atoms. The molecule has 7 heteroatoms. The van der Waals surface area contributed by atoms with Crippen LogP contribution in [-0.2, 0) is 4.79 Å². The van der Waals surface area contributed by atoms with Crippen molar-refractivity contribution in [3.8, 4) is 0 Å². The van der Waals surface area contributed by atoms with E-state index < -0.39 is 11.9 Å². The molecule has 0 aliphatic rings. The smallest absolute Gasteiger partial charge is 0.308 e. The fourth-order valence-corrected chi connectivity index (χ4v) is 2.10. The maximum atomic E-state index is 12.2. The Morgan fingerprint density at radius 3 is 2.64 bits per heavy atom. The van der Waals surface area contributed by atoms with Gasteiger partial charge in [-0.15, -0.1) is 0 Å². The zero-order chi connectivity index (χ0) is 16.4. The third kappa shape index (κ3) is 3.08. The summed E-state index contributed by atoms with van der Waals surface area (Å²) in [6.07, 6.45) is 1.68. The number of carbonyl (C=O) groups is 2. The van der Waals surface area contributed by atoms with E-state index in [1.165, 1.54) is 0 Å². The number of hydrogen-bond acceptors (Lipinski definition) is 4. The molecule has 118 valence electrons. The van der Waals surface area contributed by atoms with E-state index in [-0.39, 0.29) is 18.5 Å². The number of hydrogen-bond donors (Lipinski definition) is 2. The molecule has 0 radical (unpaired) electrons. The van der Waals surface area contributed by atoms with Crippen LogP contribution in [0, 0.1) is 12.8 Å². The first-order valence-electron chi connectivity index (χ1n) is 7.17. The van der Waals surface area contributed by atoms with Crippen molar-refractivity contribution in [1.29, 1.82) is 0 Å². The lowest BCUT2D eigenvalue weighted by molar-refractivity contribution is -0.140. The molecule has 2 rings (SSSR count). The van der Waals surface area contributed by atoms with Crippen LogP contribution in [0.3, 0.4) is 0 Å². The number of nitrogens with zero attached hydrogens (tertiary/aromatic N) is 3. The van der Waals surface area contributed by atoms with Gasteiger partial charge in [-0.3, -0.25) is 9.59 Å². The van der Waals surface area contributed by atoms with Crippen LogP contribution < -0.4 is 5.32 Å². The Bertz CT molecular complexity index is 721. The molecule has 2 aromatic heterocycles. The zero-order valence-corrected chi connectivity index (χ0v) is 13.1. The summed E-state index contributed by atoms with van der Waals surface area (Å²) in [5.74, 6) is -1.90. The van der Waals surface area contributed by atoms with Crippen molar-refractivity contribution < 1.29 is 14.7 Å². The predicted octanol–water partition coefficient (Wildman–Crippen LogP) is 1.77. The fourth-order valence-electron chi connectivity index (χ4n) is 2.10. The van der Waals surface area contributed by atoms with Crippen molar-refractivity contribution in [2.45, 2.75) is 33.7 Å². The first-order chi connectivity index (χ1) is 10.3. The lowest BCUT2D eigenvalue weighted by Crippen LogP contribution is -2.32. The van der Waals surface area contributed by atoms with Crippen molar-refractivity contribution in [3.63, 3.8) is 0 Å². The Morgan fingerprint density at radius 1 is 1.36 bits per heavy atom. The SMILES string of the molecule is Cc1nc2c(cnn2C(C)C)cc1C(=O)NCC(C)C(=O)O. The van der Waals surface area contributed by atoms with E-state index in [1.54, 1.807) is 30.8 Å². The minimum Gasteiger partial charge on any atom is -0.481 e. The summed E-state index contributed by atoms with van der Waals surface area (Å²) in [4.78, 5) is 27.5. The number of aryl methyl sites for hydroxylation is 1. The Balaban J connectivity index is 2.26.